The van der Waals surface area contributed by atoms with Crippen LogP contribution in [0.2, 0.25) is 5.15 Å². The Labute approximate surface area is 92.1 Å². The number of pyridine rings is 1. The topological polar surface area (TPSA) is 17.8 Å². The van der Waals surface area contributed by atoms with Crippen molar-refractivity contribution in [3.63, 3.8) is 0 Å². The normalized spacial score (nSPS) is 11.3. The van der Waals surface area contributed by atoms with Crippen molar-refractivity contribution in [1.29, 1.82) is 0 Å². The summed E-state index contributed by atoms with van der Waals surface area (Å²) in [5, 5.41) is 2.91. The third-order valence-corrected chi connectivity index (χ3v) is 2.92. The molecule has 74 valence electrons. The maximum absolute atomic E-state index is 5.89. The predicted molar refractivity (Wildman–Crippen MR) is 63.2 cm³/mol. The number of hydrogen-bond donors (Lipinski definition) is 0. The molecule has 2 heterocycles. The van der Waals surface area contributed by atoms with E-state index in [0.717, 1.165) is 11.0 Å². The number of benzene rings is 1. The number of para-hydroxylation sites is 1. The van der Waals surface area contributed by atoms with Crippen LogP contribution in [0.5, 0.6) is 0 Å². The third-order valence-electron chi connectivity index (χ3n) is 2.71. The molecule has 0 aliphatic heterocycles. The summed E-state index contributed by atoms with van der Waals surface area (Å²) in [5.41, 5.74) is 2.12. The Hall–Kier alpha value is -1.54. The SMILES string of the molecule is Cn1c2ccccc2c2ccc(Cl)nc21. The van der Waals surface area contributed by atoms with E-state index >= 15 is 0 Å². The van der Waals surface area contributed by atoms with E-state index in [-0.39, 0.29) is 0 Å². The molecule has 0 amide bonds. The van der Waals surface area contributed by atoms with Gasteiger partial charge in [0.05, 0.1) is 5.52 Å². The maximum Gasteiger partial charge on any atom is 0.142 e. The van der Waals surface area contributed by atoms with Crippen LogP contribution in [0.1, 0.15) is 0 Å². The lowest BCUT2D eigenvalue weighted by atomic mass is 10.2. The fourth-order valence-corrected chi connectivity index (χ4v) is 2.14. The van der Waals surface area contributed by atoms with Crippen LogP contribution in [-0.2, 0) is 7.05 Å². The van der Waals surface area contributed by atoms with Crippen LogP contribution in [0, 0.1) is 0 Å². The minimum absolute atomic E-state index is 0.536. The van der Waals surface area contributed by atoms with Crippen LogP contribution >= 0.6 is 11.6 Å². The van der Waals surface area contributed by atoms with Gasteiger partial charge in [-0.05, 0) is 18.2 Å². The average molecular weight is 217 g/mol. The Morgan fingerprint density at radius 2 is 1.87 bits per heavy atom. The minimum Gasteiger partial charge on any atom is -0.328 e. The van der Waals surface area contributed by atoms with E-state index in [4.69, 9.17) is 11.6 Å². The van der Waals surface area contributed by atoms with Crippen LogP contribution in [0.25, 0.3) is 21.9 Å². The molecule has 2 aromatic heterocycles. The number of halogens is 1. The largest absolute Gasteiger partial charge is 0.328 e. The number of aryl methyl sites for hydroxylation is 1. The fourth-order valence-electron chi connectivity index (χ4n) is 2.00. The highest BCUT2D eigenvalue weighted by molar-refractivity contribution is 6.30. The van der Waals surface area contributed by atoms with E-state index in [9.17, 15) is 0 Å². The van der Waals surface area contributed by atoms with Crippen molar-refractivity contribution in [2.24, 2.45) is 7.05 Å². The van der Waals surface area contributed by atoms with Gasteiger partial charge in [-0.1, -0.05) is 29.8 Å². The van der Waals surface area contributed by atoms with E-state index in [1.54, 1.807) is 0 Å². The molecule has 1 aromatic carbocycles. The van der Waals surface area contributed by atoms with E-state index in [1.165, 1.54) is 10.9 Å². The summed E-state index contributed by atoms with van der Waals surface area (Å²) in [4.78, 5) is 4.34. The highest BCUT2D eigenvalue weighted by Crippen LogP contribution is 2.27. The minimum atomic E-state index is 0.536. The van der Waals surface area contributed by atoms with Crippen LogP contribution in [0.3, 0.4) is 0 Å². The molecule has 3 rings (SSSR count). The molecular formula is C12H9ClN2. The lowest BCUT2D eigenvalue weighted by Gasteiger charge is -1.96. The molecule has 2 nitrogen and oxygen atoms in total. The Kier molecular flexibility index (Phi) is 1.73. The Bertz CT molecular complexity index is 655. The summed E-state index contributed by atoms with van der Waals surface area (Å²) < 4.78 is 2.07. The van der Waals surface area contributed by atoms with Gasteiger partial charge in [-0.3, -0.25) is 0 Å². The molecular weight excluding hydrogens is 208 g/mol. The third kappa shape index (κ3) is 1.15. The lowest BCUT2D eigenvalue weighted by Crippen LogP contribution is -1.88. The maximum atomic E-state index is 5.89. The zero-order chi connectivity index (χ0) is 10.4. The first-order chi connectivity index (χ1) is 7.27. The van der Waals surface area contributed by atoms with Gasteiger partial charge in [-0.25, -0.2) is 4.98 Å². The fraction of sp³-hybridized carbons (Fsp3) is 0.0833. The molecule has 0 aliphatic carbocycles. The van der Waals surface area contributed by atoms with Crippen LogP contribution in [0.4, 0.5) is 0 Å². The van der Waals surface area contributed by atoms with E-state index in [2.05, 4.69) is 21.7 Å². The van der Waals surface area contributed by atoms with Gasteiger partial charge in [0.2, 0.25) is 0 Å². The second-order valence-electron chi connectivity index (χ2n) is 3.58. The monoisotopic (exact) mass is 216 g/mol. The summed E-state index contributed by atoms with van der Waals surface area (Å²) in [7, 11) is 2.01. The van der Waals surface area contributed by atoms with Gasteiger partial charge in [-0.15, -0.1) is 0 Å². The zero-order valence-corrected chi connectivity index (χ0v) is 8.99. The second-order valence-corrected chi connectivity index (χ2v) is 3.97. The quantitative estimate of drug-likeness (QED) is 0.527. The molecule has 3 heteroatoms. The highest BCUT2D eigenvalue weighted by Gasteiger charge is 2.08. The number of aromatic nitrogens is 2. The smallest absolute Gasteiger partial charge is 0.142 e. The molecule has 15 heavy (non-hydrogen) atoms. The summed E-state index contributed by atoms with van der Waals surface area (Å²) in [6, 6.07) is 12.1. The molecule has 0 unspecified atom stereocenters. The van der Waals surface area contributed by atoms with Gasteiger partial charge in [-0.2, -0.15) is 0 Å². The summed E-state index contributed by atoms with van der Waals surface area (Å²) >= 11 is 5.89. The molecule has 0 fully saturated rings. The highest BCUT2D eigenvalue weighted by atomic mass is 35.5. The Balaban J connectivity index is 2.63. The summed E-state index contributed by atoms with van der Waals surface area (Å²) in [6.07, 6.45) is 0. The Morgan fingerprint density at radius 1 is 1.07 bits per heavy atom. The van der Waals surface area contributed by atoms with E-state index < -0.39 is 0 Å². The van der Waals surface area contributed by atoms with Gasteiger partial charge in [0, 0.05) is 17.8 Å². The number of nitrogens with zero attached hydrogens (tertiary/aromatic N) is 2. The molecule has 0 bridgehead atoms. The molecule has 0 atom stereocenters. The molecule has 3 aromatic rings. The van der Waals surface area contributed by atoms with Crippen molar-refractivity contribution in [2.45, 2.75) is 0 Å². The van der Waals surface area contributed by atoms with Crippen LogP contribution in [0.15, 0.2) is 36.4 Å². The molecule has 0 saturated carbocycles. The molecule has 0 radical (unpaired) electrons. The van der Waals surface area contributed by atoms with Crippen molar-refractivity contribution in [3.8, 4) is 0 Å². The van der Waals surface area contributed by atoms with Crippen molar-refractivity contribution >= 4 is 33.5 Å². The molecule has 0 spiro atoms. The van der Waals surface area contributed by atoms with Gasteiger partial charge >= 0.3 is 0 Å². The summed E-state index contributed by atoms with van der Waals surface area (Å²) in [6.45, 7) is 0. The van der Waals surface area contributed by atoms with Gasteiger partial charge < -0.3 is 4.57 Å². The van der Waals surface area contributed by atoms with E-state index in [0.29, 0.717) is 5.15 Å². The summed E-state index contributed by atoms with van der Waals surface area (Å²) in [5.74, 6) is 0. The van der Waals surface area contributed by atoms with Crippen molar-refractivity contribution in [1.82, 2.24) is 9.55 Å². The Morgan fingerprint density at radius 3 is 2.73 bits per heavy atom. The van der Waals surface area contributed by atoms with Crippen molar-refractivity contribution in [3.05, 3.63) is 41.6 Å². The van der Waals surface area contributed by atoms with E-state index in [1.807, 2.05) is 31.3 Å². The van der Waals surface area contributed by atoms with Gasteiger partial charge in [0.1, 0.15) is 10.8 Å². The predicted octanol–water partition coefficient (Wildman–Crippen LogP) is 3.38. The standard InChI is InChI=1S/C12H9ClN2/c1-15-10-5-3-2-4-8(10)9-6-7-11(13)14-12(9)15/h2-7H,1H3. The number of fused-ring (bicyclic) bond motifs is 3. The number of rotatable bonds is 0. The van der Waals surface area contributed by atoms with Gasteiger partial charge in [0.15, 0.2) is 0 Å². The first-order valence-corrected chi connectivity index (χ1v) is 5.15. The zero-order valence-electron chi connectivity index (χ0n) is 8.24. The molecule has 0 saturated heterocycles. The molecule has 0 N–H and O–H groups in total. The first-order valence-electron chi connectivity index (χ1n) is 4.77. The number of hydrogen-bond acceptors (Lipinski definition) is 1. The van der Waals surface area contributed by atoms with Crippen molar-refractivity contribution < 1.29 is 0 Å². The van der Waals surface area contributed by atoms with Crippen molar-refractivity contribution in [2.75, 3.05) is 0 Å². The van der Waals surface area contributed by atoms with Gasteiger partial charge in [0.25, 0.3) is 0 Å². The van der Waals surface area contributed by atoms with Crippen LogP contribution in [-0.4, -0.2) is 9.55 Å². The van der Waals surface area contributed by atoms with Crippen LogP contribution < -0.4 is 0 Å². The first kappa shape index (κ1) is 8.74. The lowest BCUT2D eigenvalue weighted by molar-refractivity contribution is 0.990. The second kappa shape index (κ2) is 2.97. The average Bonchev–Trinajstić information content (AvgIpc) is 2.54. The molecule has 0 aliphatic rings.